The van der Waals surface area contributed by atoms with Crippen molar-refractivity contribution in [1.29, 1.82) is 0 Å². The fourth-order valence-electron chi connectivity index (χ4n) is 2.73. The maximum Gasteiger partial charge on any atom is 0.426 e. The standard InChI is InChI=1S/C18H14F3NO5S/c1-17(25,18(19,20)21)16(24)22-11-7-6-10-9-28(26,27)14-5-3-2-4-12(14)15(23)13(10)8-11/h2-8,25H,9H2,1H3,(H,22,24). The van der Waals surface area contributed by atoms with Gasteiger partial charge in [0.1, 0.15) is 0 Å². The van der Waals surface area contributed by atoms with E-state index in [1.165, 1.54) is 36.4 Å². The van der Waals surface area contributed by atoms with E-state index in [2.05, 4.69) is 0 Å². The number of hydrogen-bond donors (Lipinski definition) is 2. The third-order valence-electron chi connectivity index (χ3n) is 4.42. The lowest BCUT2D eigenvalue weighted by atomic mass is 9.98. The van der Waals surface area contributed by atoms with E-state index in [0.29, 0.717) is 6.92 Å². The van der Waals surface area contributed by atoms with Crippen LogP contribution in [0, 0.1) is 0 Å². The van der Waals surface area contributed by atoms with Crippen LogP contribution >= 0.6 is 0 Å². The van der Waals surface area contributed by atoms with E-state index < -0.39 is 39.1 Å². The minimum atomic E-state index is -5.20. The maximum absolute atomic E-state index is 12.8. The molecule has 0 radical (unpaired) electrons. The molecule has 28 heavy (non-hydrogen) atoms. The summed E-state index contributed by atoms with van der Waals surface area (Å²) in [5.41, 5.74) is -3.79. The highest BCUT2D eigenvalue weighted by Crippen LogP contribution is 2.33. The number of fused-ring (bicyclic) bond motifs is 2. The second-order valence-electron chi connectivity index (χ2n) is 6.48. The number of anilines is 1. The van der Waals surface area contributed by atoms with Gasteiger partial charge in [0, 0.05) is 16.8 Å². The number of alkyl halides is 3. The molecule has 1 amide bonds. The minimum absolute atomic E-state index is 0.0574. The van der Waals surface area contributed by atoms with Gasteiger partial charge in [-0.3, -0.25) is 9.59 Å². The van der Waals surface area contributed by atoms with Crippen LogP contribution in [-0.2, 0) is 20.4 Å². The lowest BCUT2D eigenvalue weighted by Crippen LogP contribution is -2.52. The Kier molecular flexibility index (Phi) is 4.59. The van der Waals surface area contributed by atoms with Crippen LogP contribution in [0.3, 0.4) is 0 Å². The fraction of sp³-hybridized carbons (Fsp3) is 0.222. The SMILES string of the molecule is CC(O)(C(=O)Nc1ccc2c(c1)C(=O)c1ccccc1S(=O)(=O)C2)C(F)(F)F. The van der Waals surface area contributed by atoms with Crippen molar-refractivity contribution < 1.29 is 36.3 Å². The van der Waals surface area contributed by atoms with E-state index >= 15 is 0 Å². The molecule has 148 valence electrons. The Labute approximate surface area is 157 Å². The summed E-state index contributed by atoms with van der Waals surface area (Å²) in [5, 5.41) is 11.3. The molecule has 3 rings (SSSR count). The molecule has 0 bridgehead atoms. The Morgan fingerprint density at radius 2 is 1.75 bits per heavy atom. The van der Waals surface area contributed by atoms with Crippen molar-refractivity contribution in [3.8, 4) is 0 Å². The first kappa shape index (κ1) is 20.0. The Morgan fingerprint density at radius 1 is 1.11 bits per heavy atom. The molecule has 10 heteroatoms. The van der Waals surface area contributed by atoms with E-state index in [-0.39, 0.29) is 27.3 Å². The quantitative estimate of drug-likeness (QED) is 0.788. The number of hydrogen-bond acceptors (Lipinski definition) is 5. The highest BCUT2D eigenvalue weighted by molar-refractivity contribution is 7.90. The molecule has 0 fully saturated rings. The van der Waals surface area contributed by atoms with Gasteiger partial charge in [-0.2, -0.15) is 13.2 Å². The van der Waals surface area contributed by atoms with Gasteiger partial charge in [0.2, 0.25) is 5.60 Å². The van der Waals surface area contributed by atoms with Crippen LogP contribution in [0.1, 0.15) is 28.4 Å². The zero-order valence-electron chi connectivity index (χ0n) is 14.4. The van der Waals surface area contributed by atoms with E-state index in [1.807, 2.05) is 5.32 Å². The molecule has 0 saturated carbocycles. The number of halogens is 3. The average molecular weight is 413 g/mol. The van der Waals surface area contributed by atoms with Crippen molar-refractivity contribution in [3.63, 3.8) is 0 Å². The van der Waals surface area contributed by atoms with Gasteiger partial charge in [0.25, 0.3) is 5.91 Å². The number of amides is 1. The van der Waals surface area contributed by atoms with Gasteiger partial charge in [-0.05, 0) is 36.8 Å². The van der Waals surface area contributed by atoms with Crippen LogP contribution < -0.4 is 5.32 Å². The van der Waals surface area contributed by atoms with Gasteiger partial charge in [-0.15, -0.1) is 0 Å². The minimum Gasteiger partial charge on any atom is -0.373 e. The van der Waals surface area contributed by atoms with Crippen LogP contribution in [0.2, 0.25) is 0 Å². The summed E-state index contributed by atoms with van der Waals surface area (Å²) in [7, 11) is -3.80. The summed E-state index contributed by atoms with van der Waals surface area (Å²) >= 11 is 0. The lowest BCUT2D eigenvalue weighted by molar-refractivity contribution is -0.242. The largest absolute Gasteiger partial charge is 0.426 e. The number of nitrogens with one attached hydrogen (secondary N) is 1. The summed E-state index contributed by atoms with van der Waals surface area (Å²) in [6.07, 6.45) is -5.20. The van der Waals surface area contributed by atoms with E-state index in [0.717, 1.165) is 6.07 Å². The van der Waals surface area contributed by atoms with Crippen molar-refractivity contribution in [1.82, 2.24) is 0 Å². The van der Waals surface area contributed by atoms with Crippen LogP contribution in [-0.4, -0.2) is 37.0 Å². The first-order valence-electron chi connectivity index (χ1n) is 7.94. The van der Waals surface area contributed by atoms with Crippen LogP contribution in [0.15, 0.2) is 47.4 Å². The van der Waals surface area contributed by atoms with Gasteiger partial charge in [-0.1, -0.05) is 18.2 Å². The molecule has 1 heterocycles. The van der Waals surface area contributed by atoms with Crippen molar-refractivity contribution >= 4 is 27.2 Å². The Hall–Kier alpha value is -2.72. The summed E-state index contributed by atoms with van der Waals surface area (Å²) in [6, 6.07) is 9.12. The zero-order chi connectivity index (χ0) is 20.9. The molecule has 0 spiro atoms. The molecule has 0 saturated heterocycles. The number of ketones is 1. The third-order valence-corrected chi connectivity index (χ3v) is 6.14. The highest BCUT2D eigenvalue weighted by Gasteiger charge is 2.55. The summed E-state index contributed by atoms with van der Waals surface area (Å²) in [5.74, 6) is -2.83. The number of carbonyl (C=O) groups is 2. The Bertz CT molecular complexity index is 1090. The van der Waals surface area contributed by atoms with Crippen LogP contribution in [0.4, 0.5) is 18.9 Å². The summed E-state index contributed by atoms with van der Waals surface area (Å²) in [4.78, 5) is 24.5. The van der Waals surface area contributed by atoms with Crippen LogP contribution in [0.5, 0.6) is 0 Å². The molecular weight excluding hydrogens is 399 g/mol. The van der Waals surface area contributed by atoms with Gasteiger partial charge in [0.05, 0.1) is 10.6 Å². The maximum atomic E-state index is 12.8. The number of carbonyl (C=O) groups excluding carboxylic acids is 2. The van der Waals surface area contributed by atoms with E-state index in [1.54, 1.807) is 0 Å². The number of sulfone groups is 1. The normalized spacial score (nSPS) is 17.7. The Morgan fingerprint density at radius 3 is 2.39 bits per heavy atom. The van der Waals surface area contributed by atoms with E-state index in [9.17, 15) is 36.3 Å². The van der Waals surface area contributed by atoms with Crippen molar-refractivity contribution in [3.05, 3.63) is 59.2 Å². The predicted octanol–water partition coefficient (Wildman–Crippen LogP) is 2.46. The van der Waals surface area contributed by atoms with Gasteiger partial charge >= 0.3 is 6.18 Å². The molecule has 1 aliphatic heterocycles. The molecule has 2 N–H and O–H groups in total. The fourth-order valence-corrected chi connectivity index (χ4v) is 4.32. The first-order chi connectivity index (χ1) is 12.8. The van der Waals surface area contributed by atoms with Crippen molar-refractivity contribution in [2.45, 2.75) is 29.3 Å². The topological polar surface area (TPSA) is 101 Å². The second kappa shape index (κ2) is 6.42. The summed E-state index contributed by atoms with van der Waals surface area (Å²) in [6.45, 7) is 0.305. The second-order valence-corrected chi connectivity index (χ2v) is 8.44. The monoisotopic (exact) mass is 413 g/mol. The van der Waals surface area contributed by atoms with Crippen LogP contribution in [0.25, 0.3) is 0 Å². The average Bonchev–Trinajstić information content (AvgIpc) is 2.68. The highest BCUT2D eigenvalue weighted by atomic mass is 32.2. The van der Waals surface area contributed by atoms with Gasteiger partial charge in [0.15, 0.2) is 15.6 Å². The lowest BCUT2D eigenvalue weighted by Gasteiger charge is -2.25. The third kappa shape index (κ3) is 3.29. The zero-order valence-corrected chi connectivity index (χ0v) is 15.2. The molecule has 0 aromatic heterocycles. The molecule has 1 unspecified atom stereocenters. The molecule has 1 atom stereocenters. The number of benzene rings is 2. The van der Waals surface area contributed by atoms with E-state index in [4.69, 9.17) is 0 Å². The van der Waals surface area contributed by atoms with Crippen molar-refractivity contribution in [2.24, 2.45) is 0 Å². The summed E-state index contributed by atoms with van der Waals surface area (Å²) < 4.78 is 63.4. The smallest absolute Gasteiger partial charge is 0.373 e. The molecule has 1 aliphatic rings. The molecule has 2 aromatic carbocycles. The van der Waals surface area contributed by atoms with Crippen molar-refractivity contribution in [2.75, 3.05) is 5.32 Å². The van der Waals surface area contributed by atoms with Gasteiger partial charge in [-0.25, -0.2) is 8.42 Å². The molecule has 2 aromatic rings. The molecule has 0 aliphatic carbocycles. The molecular formula is C18H14F3NO5S. The predicted molar refractivity (Wildman–Crippen MR) is 92.5 cm³/mol. The number of rotatable bonds is 2. The Balaban J connectivity index is 2.04. The number of aliphatic hydroxyl groups is 1. The first-order valence-corrected chi connectivity index (χ1v) is 9.60. The van der Waals surface area contributed by atoms with Gasteiger partial charge < -0.3 is 10.4 Å². The molecule has 6 nitrogen and oxygen atoms in total.